The van der Waals surface area contributed by atoms with Crippen LogP contribution in [0.4, 0.5) is 0 Å². The van der Waals surface area contributed by atoms with Gasteiger partial charge < -0.3 is 14.4 Å². The predicted molar refractivity (Wildman–Crippen MR) is 105 cm³/mol. The van der Waals surface area contributed by atoms with E-state index in [-0.39, 0.29) is 5.91 Å². The van der Waals surface area contributed by atoms with Crippen molar-refractivity contribution in [1.82, 2.24) is 9.80 Å². The number of rotatable bonds is 6. The number of carbonyl (C=O) groups is 1. The molecule has 0 aromatic heterocycles. The van der Waals surface area contributed by atoms with Gasteiger partial charge in [-0.3, -0.25) is 9.69 Å². The molecule has 0 unspecified atom stereocenters. The first-order valence-electron chi connectivity index (χ1n) is 10.4. The van der Waals surface area contributed by atoms with E-state index in [1.54, 1.807) is 14.2 Å². The minimum absolute atomic E-state index is 0.223. The van der Waals surface area contributed by atoms with E-state index in [0.717, 1.165) is 36.1 Å². The first kappa shape index (κ1) is 18.6. The van der Waals surface area contributed by atoms with Gasteiger partial charge in [-0.2, -0.15) is 0 Å². The van der Waals surface area contributed by atoms with Gasteiger partial charge in [-0.15, -0.1) is 0 Å². The molecule has 3 heterocycles. The maximum absolute atomic E-state index is 13.1. The summed E-state index contributed by atoms with van der Waals surface area (Å²) in [4.78, 5) is 17.9. The maximum atomic E-state index is 13.1. The van der Waals surface area contributed by atoms with E-state index in [0.29, 0.717) is 18.4 Å². The highest BCUT2D eigenvalue weighted by Gasteiger charge is 2.37. The quantitative estimate of drug-likeness (QED) is 0.770. The summed E-state index contributed by atoms with van der Waals surface area (Å²) in [5, 5.41) is 0. The summed E-state index contributed by atoms with van der Waals surface area (Å²) in [6.45, 7) is 4.22. The summed E-state index contributed by atoms with van der Waals surface area (Å²) in [7, 11) is 3.29. The minimum atomic E-state index is 0.223. The van der Waals surface area contributed by atoms with Crippen molar-refractivity contribution in [3.63, 3.8) is 0 Å². The highest BCUT2D eigenvalue weighted by atomic mass is 16.5. The molecule has 5 rings (SSSR count). The van der Waals surface area contributed by atoms with Gasteiger partial charge in [0.25, 0.3) is 0 Å². The number of benzene rings is 1. The normalized spacial score (nSPS) is 25.8. The van der Waals surface area contributed by atoms with Gasteiger partial charge >= 0.3 is 0 Å². The molecule has 1 aromatic rings. The van der Waals surface area contributed by atoms with E-state index in [1.165, 1.54) is 45.2 Å². The van der Waals surface area contributed by atoms with Gasteiger partial charge in [-0.05, 0) is 43.6 Å². The van der Waals surface area contributed by atoms with Crippen molar-refractivity contribution in [2.45, 2.75) is 44.6 Å². The Bertz CT molecular complexity index is 674. The number of piperidine rings is 1. The molecule has 0 N–H and O–H groups in total. The van der Waals surface area contributed by atoms with Crippen LogP contribution >= 0.6 is 0 Å². The van der Waals surface area contributed by atoms with Crippen molar-refractivity contribution in [2.75, 3.05) is 40.4 Å². The predicted octanol–water partition coefficient (Wildman–Crippen LogP) is 2.97. The minimum Gasteiger partial charge on any atom is -0.497 e. The van der Waals surface area contributed by atoms with Crippen LogP contribution in [0.2, 0.25) is 0 Å². The number of hydrogen-bond acceptors (Lipinski definition) is 4. The number of nitrogens with zero attached hydrogens (tertiary/aromatic N) is 2. The molecule has 1 aromatic carbocycles. The van der Waals surface area contributed by atoms with E-state index in [9.17, 15) is 4.79 Å². The third kappa shape index (κ3) is 4.08. The van der Waals surface area contributed by atoms with E-state index in [1.807, 2.05) is 18.2 Å². The number of amides is 1. The Labute approximate surface area is 162 Å². The molecule has 5 heteroatoms. The summed E-state index contributed by atoms with van der Waals surface area (Å²) in [5.41, 5.74) is 0.936. The van der Waals surface area contributed by atoms with Crippen molar-refractivity contribution in [3.8, 4) is 11.5 Å². The Morgan fingerprint density at radius 2 is 1.93 bits per heavy atom. The van der Waals surface area contributed by atoms with Crippen molar-refractivity contribution in [3.05, 3.63) is 23.8 Å². The number of fused-ring (bicyclic) bond motifs is 4. The Morgan fingerprint density at radius 3 is 2.63 bits per heavy atom. The van der Waals surface area contributed by atoms with E-state index >= 15 is 0 Å². The summed E-state index contributed by atoms with van der Waals surface area (Å²) in [5.74, 6) is 3.23. The number of carbonyl (C=O) groups excluding carboxylic acids is 1. The maximum Gasteiger partial charge on any atom is 0.227 e. The fraction of sp³-hybridized carbons (Fsp3) is 0.682. The third-order valence-corrected chi connectivity index (χ3v) is 6.73. The molecule has 2 bridgehead atoms. The standard InChI is InChI=1S/C22H32N2O3/c1-26-20-9-7-18(21(11-20)27-2)10-22(25)24-14-17-6-8-19(15-24)23(13-17)12-16-4-3-5-16/h7,9,11,16-17,19H,3-6,8,10,12-15H2,1-2H3/t17-,19-/m1/s1. The topological polar surface area (TPSA) is 42.0 Å². The van der Waals surface area contributed by atoms with Crippen LogP contribution in [0.25, 0.3) is 0 Å². The van der Waals surface area contributed by atoms with E-state index < -0.39 is 0 Å². The van der Waals surface area contributed by atoms with Crippen LogP contribution in [0.5, 0.6) is 11.5 Å². The molecule has 4 aliphatic rings. The van der Waals surface area contributed by atoms with Crippen LogP contribution in [-0.2, 0) is 11.2 Å². The summed E-state index contributed by atoms with van der Waals surface area (Å²) in [6.07, 6.45) is 7.10. The van der Waals surface area contributed by atoms with Crippen LogP contribution in [-0.4, -0.2) is 62.1 Å². The highest BCUT2D eigenvalue weighted by molar-refractivity contribution is 5.79. The monoisotopic (exact) mass is 372 g/mol. The molecule has 4 fully saturated rings. The molecule has 5 nitrogen and oxygen atoms in total. The second-order valence-electron chi connectivity index (χ2n) is 8.50. The smallest absolute Gasteiger partial charge is 0.227 e. The van der Waals surface area contributed by atoms with Crippen LogP contribution in [0, 0.1) is 11.8 Å². The lowest BCUT2D eigenvalue weighted by Crippen LogP contribution is -2.47. The summed E-state index contributed by atoms with van der Waals surface area (Å²) < 4.78 is 10.7. The van der Waals surface area contributed by atoms with Gasteiger partial charge in [-0.25, -0.2) is 0 Å². The lowest BCUT2D eigenvalue weighted by atomic mass is 9.83. The fourth-order valence-electron chi connectivity index (χ4n) is 4.89. The van der Waals surface area contributed by atoms with Gasteiger partial charge in [0.1, 0.15) is 11.5 Å². The number of hydrogen-bond donors (Lipinski definition) is 0. The van der Waals surface area contributed by atoms with Crippen molar-refractivity contribution >= 4 is 5.91 Å². The summed E-state index contributed by atoms with van der Waals surface area (Å²) >= 11 is 0. The first-order valence-corrected chi connectivity index (χ1v) is 10.4. The Balaban J connectivity index is 1.42. The summed E-state index contributed by atoms with van der Waals surface area (Å²) in [6, 6.07) is 6.25. The van der Waals surface area contributed by atoms with Crippen molar-refractivity contribution in [2.24, 2.45) is 11.8 Å². The van der Waals surface area contributed by atoms with Gasteiger partial charge in [0.2, 0.25) is 5.91 Å². The van der Waals surface area contributed by atoms with Crippen molar-refractivity contribution in [1.29, 1.82) is 0 Å². The SMILES string of the molecule is COc1ccc(CC(=O)N2C[C@@H]3CC[C@H](C2)N(CC2CCC2)C3)c(OC)c1. The Kier molecular flexibility index (Phi) is 5.58. The van der Waals surface area contributed by atoms with Crippen LogP contribution in [0.1, 0.15) is 37.7 Å². The molecular weight excluding hydrogens is 340 g/mol. The lowest BCUT2D eigenvalue weighted by molar-refractivity contribution is -0.130. The van der Waals surface area contributed by atoms with Gasteiger partial charge in [0.15, 0.2) is 0 Å². The zero-order chi connectivity index (χ0) is 18.8. The van der Waals surface area contributed by atoms with Gasteiger partial charge in [0, 0.05) is 43.9 Å². The third-order valence-electron chi connectivity index (χ3n) is 6.73. The second kappa shape index (κ2) is 8.09. The van der Waals surface area contributed by atoms with Crippen molar-refractivity contribution < 1.29 is 14.3 Å². The highest BCUT2D eigenvalue weighted by Crippen LogP contribution is 2.33. The first-order chi connectivity index (χ1) is 13.2. The number of methoxy groups -OCH3 is 2. The molecular formula is C22H32N2O3. The van der Waals surface area contributed by atoms with E-state index in [2.05, 4.69) is 9.80 Å². The van der Waals surface area contributed by atoms with E-state index in [4.69, 9.17) is 9.47 Å². The molecule has 3 saturated heterocycles. The molecule has 0 radical (unpaired) electrons. The molecule has 3 aliphatic heterocycles. The molecule has 148 valence electrons. The largest absolute Gasteiger partial charge is 0.497 e. The van der Waals surface area contributed by atoms with Gasteiger partial charge in [0.05, 0.1) is 20.6 Å². The Hall–Kier alpha value is -1.75. The zero-order valence-corrected chi connectivity index (χ0v) is 16.7. The van der Waals surface area contributed by atoms with Crippen LogP contribution in [0.3, 0.4) is 0 Å². The molecule has 2 atom stereocenters. The van der Waals surface area contributed by atoms with Crippen LogP contribution < -0.4 is 9.47 Å². The molecule has 1 saturated carbocycles. The van der Waals surface area contributed by atoms with Gasteiger partial charge in [-0.1, -0.05) is 12.5 Å². The molecule has 27 heavy (non-hydrogen) atoms. The number of ether oxygens (including phenoxy) is 2. The lowest BCUT2D eigenvalue weighted by Gasteiger charge is -2.40. The average molecular weight is 373 g/mol. The average Bonchev–Trinajstić information content (AvgIpc) is 2.97. The van der Waals surface area contributed by atoms with Crippen LogP contribution in [0.15, 0.2) is 18.2 Å². The second-order valence-corrected chi connectivity index (χ2v) is 8.50. The molecule has 1 amide bonds. The molecule has 1 aliphatic carbocycles. The fourth-order valence-corrected chi connectivity index (χ4v) is 4.89. The Morgan fingerprint density at radius 1 is 1.07 bits per heavy atom. The zero-order valence-electron chi connectivity index (χ0n) is 16.7. The molecule has 0 spiro atoms.